The number of ether oxygens (including phenoxy) is 2. The van der Waals surface area contributed by atoms with Crippen LogP contribution in [0.1, 0.15) is 34.1 Å². The normalized spacial score (nSPS) is 14.2. The molecule has 0 aliphatic carbocycles. The predicted octanol–water partition coefficient (Wildman–Crippen LogP) is 5.51. The lowest BCUT2D eigenvalue weighted by molar-refractivity contribution is 0.0340. The number of hydrogen-bond acceptors (Lipinski definition) is 6. The highest BCUT2D eigenvalue weighted by molar-refractivity contribution is 9.10. The number of thioether (sulfide) groups is 1. The Kier molecular flexibility index (Phi) is 9.74. The number of aromatic hydroxyl groups is 1. The fourth-order valence-corrected chi connectivity index (χ4v) is 5.77. The zero-order valence-electron chi connectivity index (χ0n) is 19.4. The van der Waals surface area contributed by atoms with Gasteiger partial charge in [0.15, 0.2) is 0 Å². The number of hydrogen-bond donors (Lipinski definition) is 1. The summed E-state index contributed by atoms with van der Waals surface area (Å²) in [6.45, 7) is 5.56. The first-order valence-corrected chi connectivity index (χ1v) is 13.1. The van der Waals surface area contributed by atoms with Gasteiger partial charge in [-0.1, -0.05) is 30.3 Å². The second-order valence-electron chi connectivity index (χ2n) is 8.05. The molecule has 0 spiro atoms. The molecule has 9 heteroatoms. The minimum absolute atomic E-state index is 0. The second-order valence-corrected chi connectivity index (χ2v) is 9.89. The summed E-state index contributed by atoms with van der Waals surface area (Å²) < 4.78 is 13.6. The van der Waals surface area contributed by atoms with E-state index in [1.165, 1.54) is 5.56 Å². The number of nitrogens with zero attached hydrogens (tertiary/aromatic N) is 2. The summed E-state index contributed by atoms with van der Waals surface area (Å²) in [5.74, 6) is 1.33. The van der Waals surface area contributed by atoms with Crippen molar-refractivity contribution in [2.24, 2.45) is 7.05 Å². The zero-order valence-corrected chi connectivity index (χ0v) is 22.6. The molecule has 0 amide bonds. The number of morpholine rings is 1. The quantitative estimate of drug-likeness (QED) is 0.361. The van der Waals surface area contributed by atoms with Crippen LogP contribution in [0, 0.1) is 0 Å². The number of aryl methyl sites for hydroxylation is 1. The van der Waals surface area contributed by atoms with E-state index in [4.69, 9.17) is 9.47 Å². The summed E-state index contributed by atoms with van der Waals surface area (Å²) in [4.78, 5) is 15.4. The number of carbonyl (C=O) groups excluding carboxylic acids is 1. The standard InChI is InChI=1S/C25H29BrN2O4S.ClH/c1-3-32-25(30)23-21(16-33-15-17-7-5-4-6-8-17)27(2)20-13-19(26)24(29)18(22(20)23)14-28-9-11-31-12-10-28;/h4-8,13,29H,3,9-12,14-16H2,1-2H3;1H. The first kappa shape index (κ1) is 26.9. The number of fused-ring (bicyclic) bond motifs is 1. The molecule has 0 atom stereocenters. The first-order valence-electron chi connectivity index (χ1n) is 11.1. The molecular weight excluding hydrogens is 540 g/mol. The fourth-order valence-electron chi connectivity index (χ4n) is 4.25. The molecule has 34 heavy (non-hydrogen) atoms. The topological polar surface area (TPSA) is 63.9 Å². The van der Waals surface area contributed by atoms with Crippen molar-refractivity contribution in [1.82, 2.24) is 9.47 Å². The molecular formula is C25H30BrClN2O4S. The summed E-state index contributed by atoms with van der Waals surface area (Å²) >= 11 is 5.28. The van der Waals surface area contributed by atoms with Gasteiger partial charge in [-0.2, -0.15) is 11.8 Å². The number of aromatic nitrogens is 1. The maximum atomic E-state index is 13.2. The SMILES string of the molecule is CCOC(=O)c1c(CSCc2ccccc2)n(C)c2cc(Br)c(O)c(CN3CCOCC3)c12.Cl. The molecule has 0 saturated carbocycles. The van der Waals surface area contributed by atoms with E-state index in [0.717, 1.165) is 41.0 Å². The number of phenols is 1. The number of rotatable bonds is 8. The number of halogens is 2. The molecule has 184 valence electrons. The number of phenolic OH excluding ortho intramolecular Hbond substituents is 1. The molecule has 0 radical (unpaired) electrons. The zero-order chi connectivity index (χ0) is 23.4. The van der Waals surface area contributed by atoms with Crippen molar-refractivity contribution in [3.05, 3.63) is 63.3 Å². The van der Waals surface area contributed by atoms with Crippen molar-refractivity contribution in [2.45, 2.75) is 25.0 Å². The van der Waals surface area contributed by atoms with Crippen LogP contribution in [-0.2, 0) is 34.6 Å². The summed E-state index contributed by atoms with van der Waals surface area (Å²) in [5, 5.41) is 11.8. The van der Waals surface area contributed by atoms with Crippen LogP contribution in [0.2, 0.25) is 0 Å². The van der Waals surface area contributed by atoms with Crippen molar-refractivity contribution in [1.29, 1.82) is 0 Å². The monoisotopic (exact) mass is 568 g/mol. The maximum absolute atomic E-state index is 13.2. The third-order valence-electron chi connectivity index (χ3n) is 5.95. The van der Waals surface area contributed by atoms with E-state index in [2.05, 4.69) is 37.5 Å². The van der Waals surface area contributed by atoms with Gasteiger partial charge in [0.05, 0.1) is 35.4 Å². The Morgan fingerprint density at radius 1 is 1.21 bits per heavy atom. The third kappa shape index (κ3) is 5.74. The number of carbonyl (C=O) groups is 1. The van der Waals surface area contributed by atoms with E-state index < -0.39 is 0 Å². The molecule has 0 unspecified atom stereocenters. The Balaban J connectivity index is 0.00000324. The van der Waals surface area contributed by atoms with Gasteiger partial charge < -0.3 is 19.1 Å². The average Bonchev–Trinajstić information content (AvgIpc) is 3.10. The lowest BCUT2D eigenvalue weighted by Crippen LogP contribution is -2.35. The lowest BCUT2D eigenvalue weighted by Gasteiger charge is -2.27. The highest BCUT2D eigenvalue weighted by atomic mass is 79.9. The van der Waals surface area contributed by atoms with Crippen LogP contribution in [-0.4, -0.2) is 53.5 Å². The van der Waals surface area contributed by atoms with Crippen molar-refractivity contribution in [2.75, 3.05) is 32.9 Å². The Bertz CT molecular complexity index is 1130. The fraction of sp³-hybridized carbons (Fsp3) is 0.400. The molecule has 2 aromatic carbocycles. The maximum Gasteiger partial charge on any atom is 0.340 e. The Hall–Kier alpha value is -1.71. The van der Waals surface area contributed by atoms with E-state index in [0.29, 0.717) is 42.2 Å². The van der Waals surface area contributed by atoms with Crippen LogP contribution in [0.5, 0.6) is 5.75 Å². The minimum atomic E-state index is -0.344. The molecule has 1 N–H and O–H groups in total. The van der Waals surface area contributed by atoms with Crippen molar-refractivity contribution in [3.8, 4) is 5.75 Å². The van der Waals surface area contributed by atoms with Crippen LogP contribution < -0.4 is 0 Å². The second kappa shape index (κ2) is 12.3. The molecule has 1 saturated heterocycles. The average molecular weight is 570 g/mol. The van der Waals surface area contributed by atoms with Crippen LogP contribution in [0.15, 0.2) is 40.9 Å². The smallest absolute Gasteiger partial charge is 0.340 e. The predicted molar refractivity (Wildman–Crippen MR) is 143 cm³/mol. The van der Waals surface area contributed by atoms with Gasteiger partial charge in [-0.15, -0.1) is 12.4 Å². The molecule has 2 heterocycles. The van der Waals surface area contributed by atoms with Gasteiger partial charge in [-0.05, 0) is 34.5 Å². The molecule has 0 bridgehead atoms. The van der Waals surface area contributed by atoms with Crippen molar-refractivity contribution >= 4 is 57.0 Å². The van der Waals surface area contributed by atoms with Gasteiger partial charge in [0, 0.05) is 54.8 Å². The van der Waals surface area contributed by atoms with Gasteiger partial charge in [-0.25, -0.2) is 4.79 Å². The van der Waals surface area contributed by atoms with E-state index >= 15 is 0 Å². The van der Waals surface area contributed by atoms with Crippen LogP contribution in [0.25, 0.3) is 10.9 Å². The van der Waals surface area contributed by atoms with Crippen molar-refractivity contribution < 1.29 is 19.4 Å². The van der Waals surface area contributed by atoms with Gasteiger partial charge in [0.25, 0.3) is 0 Å². The molecule has 6 nitrogen and oxygen atoms in total. The summed E-state index contributed by atoms with van der Waals surface area (Å²) in [5.41, 5.74) is 4.36. The van der Waals surface area contributed by atoms with E-state index in [-0.39, 0.29) is 24.1 Å². The Morgan fingerprint density at radius 3 is 2.59 bits per heavy atom. The molecule has 1 aliphatic heterocycles. The number of benzene rings is 2. The molecule has 1 aromatic heterocycles. The number of esters is 1. The molecule has 1 fully saturated rings. The summed E-state index contributed by atoms with van der Waals surface area (Å²) in [6, 6.07) is 12.2. The minimum Gasteiger partial charge on any atom is -0.506 e. The highest BCUT2D eigenvalue weighted by Crippen LogP contribution is 2.41. The third-order valence-corrected chi connectivity index (χ3v) is 7.57. The van der Waals surface area contributed by atoms with Crippen LogP contribution >= 0.6 is 40.1 Å². The summed E-state index contributed by atoms with van der Waals surface area (Å²) in [7, 11) is 1.98. The van der Waals surface area contributed by atoms with Gasteiger partial charge in [0.2, 0.25) is 0 Å². The first-order chi connectivity index (χ1) is 16.0. The summed E-state index contributed by atoms with van der Waals surface area (Å²) in [6.07, 6.45) is 0. The molecule has 1 aliphatic rings. The lowest BCUT2D eigenvalue weighted by atomic mass is 10.0. The van der Waals surface area contributed by atoms with E-state index in [9.17, 15) is 9.90 Å². The van der Waals surface area contributed by atoms with E-state index in [1.54, 1.807) is 11.8 Å². The molecule has 3 aromatic rings. The largest absolute Gasteiger partial charge is 0.506 e. The Morgan fingerprint density at radius 2 is 1.91 bits per heavy atom. The van der Waals surface area contributed by atoms with Crippen LogP contribution in [0.4, 0.5) is 0 Å². The van der Waals surface area contributed by atoms with Crippen LogP contribution in [0.3, 0.4) is 0 Å². The van der Waals surface area contributed by atoms with E-state index in [1.807, 2.05) is 38.2 Å². The van der Waals surface area contributed by atoms with Gasteiger partial charge in [0.1, 0.15) is 5.75 Å². The highest BCUT2D eigenvalue weighted by Gasteiger charge is 2.28. The van der Waals surface area contributed by atoms with Gasteiger partial charge >= 0.3 is 5.97 Å². The Labute approximate surface area is 219 Å². The molecule has 4 rings (SSSR count). The van der Waals surface area contributed by atoms with Gasteiger partial charge in [-0.3, -0.25) is 4.90 Å². The van der Waals surface area contributed by atoms with Crippen molar-refractivity contribution in [3.63, 3.8) is 0 Å².